The van der Waals surface area contributed by atoms with Crippen molar-refractivity contribution < 1.29 is 59.2 Å². The van der Waals surface area contributed by atoms with Crippen molar-refractivity contribution in [1.82, 2.24) is 0 Å². The second-order valence-electron chi connectivity index (χ2n) is 33.7. The van der Waals surface area contributed by atoms with Crippen LogP contribution in [0.25, 0.3) is 0 Å². The monoisotopic (exact) mass is 1520 g/mol. The molecule has 0 unspecified atom stereocenters. The molecule has 5 aromatic rings. The van der Waals surface area contributed by atoms with Gasteiger partial charge in [-0.15, -0.1) is 0 Å². The van der Waals surface area contributed by atoms with Crippen LogP contribution in [0, 0.1) is 30.6 Å². The van der Waals surface area contributed by atoms with E-state index in [1.807, 2.05) is 34.6 Å². The Morgan fingerprint density at radius 2 is 0.718 bits per heavy atom. The topological polar surface area (TPSA) is 240 Å². The minimum atomic E-state index is -3.90. The van der Waals surface area contributed by atoms with Gasteiger partial charge in [-0.2, -0.15) is 0 Å². The van der Waals surface area contributed by atoms with Crippen LogP contribution < -0.4 is 9.21 Å². The fraction of sp³-hybridized carbons (Fsp3) is 0.505. The summed E-state index contributed by atoms with van der Waals surface area (Å²) in [6, 6.07) is 11.3. The number of carbonyl (C=O) groups is 1. The lowest BCUT2D eigenvalue weighted by Crippen LogP contribution is -2.38. The molecule has 110 heavy (non-hydrogen) atoms. The first-order valence-electron chi connectivity index (χ1n) is 40.8. The molecule has 9 N–H and O–H groups in total. The van der Waals surface area contributed by atoms with Crippen LogP contribution in [0.15, 0.2) is 143 Å². The number of benzene rings is 5. The summed E-state index contributed by atoms with van der Waals surface area (Å²) in [5.74, 6) is 1.60. The summed E-state index contributed by atoms with van der Waals surface area (Å²) in [7, 11) is -3.90. The van der Waals surface area contributed by atoms with Gasteiger partial charge in [0.2, 0.25) is 11.7 Å². The number of anilines is 2. The van der Waals surface area contributed by atoms with Crippen LogP contribution in [0.4, 0.5) is 11.4 Å². The highest BCUT2D eigenvalue weighted by atomic mass is 32.2. The molecule has 0 radical (unpaired) electrons. The van der Waals surface area contributed by atoms with Crippen molar-refractivity contribution in [1.29, 1.82) is 0 Å². The molecule has 15 heteroatoms. The molecule has 6 aliphatic carbocycles. The second kappa shape index (κ2) is 35.0. The molecule has 12 atom stereocenters. The number of fused-ring (bicyclic) bond motifs is 4. The number of aryl methyl sites for hydroxylation is 1. The van der Waals surface area contributed by atoms with E-state index in [4.69, 9.17) is 0 Å². The van der Waals surface area contributed by atoms with Crippen molar-refractivity contribution in [3.05, 3.63) is 199 Å². The van der Waals surface area contributed by atoms with Crippen molar-refractivity contribution in [2.75, 3.05) is 22.3 Å². The van der Waals surface area contributed by atoms with E-state index in [2.05, 4.69) is 106 Å². The molecule has 2 heterocycles. The Morgan fingerprint density at radius 3 is 1.13 bits per heavy atom. The number of phenolic OH excluding ortho intramolecular Hbond substituents is 9. The fourth-order valence-electron chi connectivity index (χ4n) is 20.1. The van der Waals surface area contributed by atoms with Crippen LogP contribution >= 0.6 is 0 Å². The standard InChI is InChI=1S/C28H35NO4S.C23H31NO3.C22H30O3.C22H30O2/c1-6-20-13-14-29(34(32,33)21-10-7-18(4)8-11-21)28-26(20)24(30)16-25(31)27(28)23-15-19(5)9-12-22(23)17(2)3;1-6-16-9-10-24(15(5)25)23-21(16)19(26)12-20(27)22(23)18-11-14(4)7-8-17(18)13(2)3;1-5-14-7-6-8-16-18(14)20(23)22(25)21(24)19(16)17-11-13(4)9-10-15(17)12(2)3;1-5-15-7-6-8-17-21(15)19(23)12-20(24)22(17)18-11-14(4)9-10-16(18)13(2)3/h7-8,10-11,15-16,20,22-23,30-31H,2,6,9,12-14H2,1,3-5H3;11-12,16-18,26-27H,2,6-10H2,1,3-5H3;11,14-15,17,23-25H,2,5-10H2,1,3-4H3;11-12,15-16,18,23-24H,2,5-10H2,1,3-4H3/t20-,22+,23-;16-,17+,18-;14-,15+,17-;15-,16+,18-/m1111/s1. The molecule has 0 saturated heterocycles. The number of nitrogens with zero attached hydrogens (tertiary/aromatic N) is 2. The smallest absolute Gasteiger partial charge is 0.264 e. The molecular weight excluding hydrogens is 1390 g/mol. The predicted octanol–water partition coefficient (Wildman–Crippen LogP) is 23.5. The maximum absolute atomic E-state index is 13.9. The number of allylic oxidation sites excluding steroid dienone is 12. The summed E-state index contributed by atoms with van der Waals surface area (Å²) < 4.78 is 29.3. The van der Waals surface area contributed by atoms with E-state index in [1.54, 1.807) is 42.2 Å². The average molecular weight is 1520 g/mol. The largest absolute Gasteiger partial charge is 0.508 e. The average Bonchev–Trinajstić information content (AvgIpc) is 0.744. The van der Waals surface area contributed by atoms with E-state index in [0.717, 1.165) is 189 Å². The predicted molar refractivity (Wildman–Crippen MR) is 448 cm³/mol. The summed E-state index contributed by atoms with van der Waals surface area (Å²) in [6.45, 7) is 46.3. The lowest BCUT2D eigenvalue weighted by atomic mass is 9.69. The van der Waals surface area contributed by atoms with Gasteiger partial charge in [-0.1, -0.05) is 141 Å². The zero-order valence-corrected chi connectivity index (χ0v) is 69.0. The van der Waals surface area contributed by atoms with Gasteiger partial charge in [-0.3, -0.25) is 9.10 Å². The van der Waals surface area contributed by atoms with E-state index in [0.29, 0.717) is 48.2 Å². The summed E-state index contributed by atoms with van der Waals surface area (Å²) >= 11 is 0. The normalized spacial score (nSPS) is 24.9. The lowest BCUT2D eigenvalue weighted by molar-refractivity contribution is -0.116. The van der Waals surface area contributed by atoms with Crippen LogP contribution in [0.3, 0.4) is 0 Å². The molecule has 594 valence electrons. The van der Waals surface area contributed by atoms with Gasteiger partial charge in [0.05, 0.1) is 16.3 Å². The van der Waals surface area contributed by atoms with E-state index in [9.17, 15) is 59.2 Å². The van der Waals surface area contributed by atoms with Gasteiger partial charge in [0, 0.05) is 106 Å². The van der Waals surface area contributed by atoms with Gasteiger partial charge < -0.3 is 50.9 Å². The number of aromatic hydroxyl groups is 9. The first kappa shape index (κ1) is 83.9. The molecule has 8 aliphatic rings. The van der Waals surface area contributed by atoms with Gasteiger partial charge in [0.25, 0.3) is 10.0 Å². The molecule has 0 saturated carbocycles. The number of hydrogen-bond donors (Lipinski definition) is 9. The molecular formula is C95H126N2O12S. The zero-order valence-electron chi connectivity index (χ0n) is 68.2. The van der Waals surface area contributed by atoms with Crippen molar-refractivity contribution in [2.24, 2.45) is 23.7 Å². The molecule has 0 fully saturated rings. The van der Waals surface area contributed by atoms with Gasteiger partial charge in [0.1, 0.15) is 34.5 Å². The van der Waals surface area contributed by atoms with Gasteiger partial charge >= 0.3 is 0 Å². The van der Waals surface area contributed by atoms with Crippen LogP contribution in [0.5, 0.6) is 51.7 Å². The molecule has 0 bridgehead atoms. The first-order valence-corrected chi connectivity index (χ1v) is 42.3. The van der Waals surface area contributed by atoms with Crippen molar-refractivity contribution in [3.8, 4) is 51.7 Å². The maximum Gasteiger partial charge on any atom is 0.264 e. The highest BCUT2D eigenvalue weighted by Gasteiger charge is 2.44. The molecule has 0 aromatic heterocycles. The molecule has 13 rings (SSSR count). The van der Waals surface area contributed by atoms with Crippen LogP contribution in [0.1, 0.15) is 314 Å². The summed E-state index contributed by atoms with van der Waals surface area (Å²) in [5.41, 5.74) is 20.6. The van der Waals surface area contributed by atoms with Crippen LogP contribution in [-0.2, 0) is 27.7 Å². The summed E-state index contributed by atoms with van der Waals surface area (Å²) in [5, 5.41) is 96.7. The van der Waals surface area contributed by atoms with E-state index < -0.39 is 10.0 Å². The number of amides is 1. The SMILES string of the molecule is C=C(C)[C@@H]1CCC(C)=C[C@H]1c1c(O)c(O)c(O)c2c1CCC[C@H]2CC.C=C(C)[C@@H]1CCC(C)=C[C@H]1c1c(O)cc(O)c2c1CCC[C@H]2CC.C=C(C)[C@@H]1CCC(C)=C[C@H]1c1c(O)cc(O)c2c1N(C(C)=O)CC[C@H]2CC.C=C(C)[C@@H]1CCC(C)=C[C@H]1c1c(O)cc(O)c2c1N(S(=O)(=O)c1ccc(C)cc1)CC[C@H]2CC. The third-order valence-corrected chi connectivity index (χ3v) is 27.9. The molecule has 5 aromatic carbocycles. The van der Waals surface area contributed by atoms with Gasteiger partial charge in [-0.05, 0) is 261 Å². The maximum atomic E-state index is 13.9. The van der Waals surface area contributed by atoms with Crippen molar-refractivity contribution >= 4 is 27.3 Å². The second-order valence-corrected chi connectivity index (χ2v) is 35.6. The Labute approximate surface area is 656 Å². The molecule has 14 nitrogen and oxygen atoms in total. The van der Waals surface area contributed by atoms with E-state index in [1.165, 1.54) is 49.9 Å². The Morgan fingerprint density at radius 1 is 0.391 bits per heavy atom. The Balaban J connectivity index is 0.000000158. The van der Waals surface area contributed by atoms with E-state index >= 15 is 0 Å². The highest BCUT2D eigenvalue weighted by Crippen LogP contribution is 2.60. The third-order valence-electron chi connectivity index (χ3n) is 26.1. The number of rotatable bonds is 14. The quantitative estimate of drug-likeness (QED) is 0.0373. The number of hydrogen-bond acceptors (Lipinski definition) is 12. The van der Waals surface area contributed by atoms with Crippen LogP contribution in [0.2, 0.25) is 0 Å². The lowest BCUT2D eigenvalue weighted by Gasteiger charge is -2.40. The highest BCUT2D eigenvalue weighted by molar-refractivity contribution is 7.92. The van der Waals surface area contributed by atoms with Gasteiger partial charge in [0.15, 0.2) is 11.5 Å². The number of phenols is 9. The summed E-state index contributed by atoms with van der Waals surface area (Å²) in [4.78, 5) is 14.4. The fourth-order valence-corrected chi connectivity index (χ4v) is 21.6. The van der Waals surface area contributed by atoms with Crippen molar-refractivity contribution in [3.63, 3.8) is 0 Å². The minimum Gasteiger partial charge on any atom is -0.508 e. The first-order chi connectivity index (χ1) is 52.1. The number of carbonyl (C=O) groups excluding carboxylic acids is 1. The molecule has 0 spiro atoms. The summed E-state index contributed by atoms with van der Waals surface area (Å²) in [6.07, 6.45) is 28.2. The van der Waals surface area contributed by atoms with Crippen molar-refractivity contribution in [2.45, 2.75) is 278 Å². The zero-order chi connectivity index (χ0) is 80.4. The Kier molecular flexibility index (Phi) is 26.7. The van der Waals surface area contributed by atoms with Crippen LogP contribution in [-0.4, -0.2) is 73.4 Å². The molecule has 2 aliphatic heterocycles. The Hall–Kier alpha value is -8.56. The minimum absolute atomic E-state index is 0.00997. The number of sulfonamides is 1. The van der Waals surface area contributed by atoms with E-state index in [-0.39, 0.29) is 122 Å². The molecule has 1 amide bonds. The van der Waals surface area contributed by atoms with Gasteiger partial charge in [-0.25, -0.2) is 8.42 Å². The Bertz CT molecular complexity index is 4610. The third kappa shape index (κ3) is 16.8.